The standard InChI is InChI=1S/C30H28ClN3O4S/c1-23-10-16-29(17-11-23)39(36,37)34(20-26-8-5-9-27(31)18-26)21-30(35)33-32-19-24-12-14-28(15-13-24)38-22-25-6-3-2-4-7-25/h2-19H,20-22H2,1H3,(H,33,35)/b32-19-. The van der Waals surface area contributed by atoms with Gasteiger partial charge < -0.3 is 4.74 Å². The van der Waals surface area contributed by atoms with Crippen LogP contribution in [0.1, 0.15) is 22.3 Å². The van der Waals surface area contributed by atoms with E-state index >= 15 is 0 Å². The van der Waals surface area contributed by atoms with Crippen LogP contribution in [0.4, 0.5) is 0 Å². The van der Waals surface area contributed by atoms with Gasteiger partial charge in [0.1, 0.15) is 12.4 Å². The van der Waals surface area contributed by atoms with Crippen molar-refractivity contribution in [2.45, 2.75) is 25.0 Å². The number of hydrogen-bond donors (Lipinski definition) is 1. The van der Waals surface area contributed by atoms with Gasteiger partial charge in [0, 0.05) is 11.6 Å². The van der Waals surface area contributed by atoms with Gasteiger partial charge in [0.15, 0.2) is 0 Å². The number of nitrogens with one attached hydrogen (secondary N) is 1. The molecule has 0 saturated heterocycles. The minimum Gasteiger partial charge on any atom is -0.489 e. The third-order valence-corrected chi connectivity index (χ3v) is 7.80. The second kappa shape index (κ2) is 13.2. The van der Waals surface area contributed by atoms with Crippen LogP contribution in [0, 0.1) is 6.92 Å². The summed E-state index contributed by atoms with van der Waals surface area (Å²) in [6, 6.07) is 30.4. The summed E-state index contributed by atoms with van der Waals surface area (Å²) in [6.07, 6.45) is 1.48. The molecular weight excluding hydrogens is 534 g/mol. The first-order chi connectivity index (χ1) is 18.8. The third-order valence-electron chi connectivity index (χ3n) is 5.76. The van der Waals surface area contributed by atoms with E-state index in [1.54, 1.807) is 36.4 Å². The molecule has 4 aromatic rings. The van der Waals surface area contributed by atoms with Crippen molar-refractivity contribution in [1.82, 2.24) is 9.73 Å². The zero-order valence-corrected chi connectivity index (χ0v) is 22.9. The molecule has 0 spiro atoms. The lowest BCUT2D eigenvalue weighted by molar-refractivity contribution is -0.121. The highest BCUT2D eigenvalue weighted by molar-refractivity contribution is 7.89. The normalized spacial score (nSPS) is 11.6. The van der Waals surface area contributed by atoms with Crippen molar-refractivity contribution >= 4 is 33.7 Å². The molecule has 4 aromatic carbocycles. The number of rotatable bonds is 11. The number of carbonyl (C=O) groups is 1. The summed E-state index contributed by atoms with van der Waals surface area (Å²) in [5.74, 6) is 0.129. The highest BCUT2D eigenvalue weighted by Crippen LogP contribution is 2.20. The number of sulfonamides is 1. The smallest absolute Gasteiger partial charge is 0.255 e. The van der Waals surface area contributed by atoms with Crippen LogP contribution in [0.3, 0.4) is 0 Å². The van der Waals surface area contributed by atoms with Crippen molar-refractivity contribution in [3.05, 3.63) is 130 Å². The molecule has 0 fully saturated rings. The Balaban J connectivity index is 1.39. The predicted octanol–water partition coefficient (Wildman–Crippen LogP) is 5.57. The van der Waals surface area contributed by atoms with Gasteiger partial charge >= 0.3 is 0 Å². The van der Waals surface area contributed by atoms with E-state index < -0.39 is 22.5 Å². The molecule has 200 valence electrons. The van der Waals surface area contributed by atoms with E-state index in [0.29, 0.717) is 22.9 Å². The lowest BCUT2D eigenvalue weighted by atomic mass is 10.2. The minimum atomic E-state index is -3.97. The van der Waals surface area contributed by atoms with Crippen LogP contribution in [0.5, 0.6) is 5.75 Å². The van der Waals surface area contributed by atoms with Gasteiger partial charge in [-0.05, 0) is 72.1 Å². The molecule has 1 amide bonds. The van der Waals surface area contributed by atoms with Crippen molar-refractivity contribution in [2.24, 2.45) is 5.10 Å². The Hall–Kier alpha value is -3.98. The molecule has 0 aliphatic heterocycles. The van der Waals surface area contributed by atoms with Crippen LogP contribution in [0.2, 0.25) is 5.02 Å². The summed E-state index contributed by atoms with van der Waals surface area (Å²) >= 11 is 6.09. The number of carbonyl (C=O) groups excluding carboxylic acids is 1. The molecule has 0 bridgehead atoms. The van der Waals surface area contributed by atoms with E-state index in [-0.39, 0.29) is 11.4 Å². The fourth-order valence-corrected chi connectivity index (χ4v) is 5.29. The molecule has 0 radical (unpaired) electrons. The second-order valence-electron chi connectivity index (χ2n) is 8.85. The van der Waals surface area contributed by atoms with Crippen LogP contribution >= 0.6 is 11.6 Å². The predicted molar refractivity (Wildman–Crippen MR) is 153 cm³/mol. The highest BCUT2D eigenvalue weighted by atomic mass is 35.5. The van der Waals surface area contributed by atoms with Crippen molar-refractivity contribution in [3.63, 3.8) is 0 Å². The number of hydrazone groups is 1. The summed E-state index contributed by atoms with van der Waals surface area (Å²) in [5.41, 5.74) is 5.82. The molecule has 0 heterocycles. The van der Waals surface area contributed by atoms with Crippen molar-refractivity contribution in [1.29, 1.82) is 0 Å². The fraction of sp³-hybridized carbons (Fsp3) is 0.133. The maximum Gasteiger partial charge on any atom is 0.255 e. The molecule has 9 heteroatoms. The van der Waals surface area contributed by atoms with Crippen molar-refractivity contribution < 1.29 is 17.9 Å². The maximum atomic E-state index is 13.4. The number of nitrogens with zero attached hydrogens (tertiary/aromatic N) is 2. The maximum absolute atomic E-state index is 13.4. The van der Waals surface area contributed by atoms with E-state index in [1.165, 1.54) is 18.3 Å². The van der Waals surface area contributed by atoms with E-state index in [9.17, 15) is 13.2 Å². The lowest BCUT2D eigenvalue weighted by Gasteiger charge is -2.21. The van der Waals surface area contributed by atoms with Gasteiger partial charge in [0.25, 0.3) is 5.91 Å². The molecule has 0 aliphatic rings. The SMILES string of the molecule is Cc1ccc(S(=O)(=O)N(CC(=O)N/N=C\c2ccc(OCc3ccccc3)cc2)Cc2cccc(Cl)c2)cc1. The van der Waals surface area contributed by atoms with Gasteiger partial charge in [-0.15, -0.1) is 0 Å². The monoisotopic (exact) mass is 561 g/mol. The number of amides is 1. The Bertz CT molecular complexity index is 1520. The summed E-state index contributed by atoms with van der Waals surface area (Å²) < 4.78 is 33.7. The highest BCUT2D eigenvalue weighted by Gasteiger charge is 2.27. The Labute approximate surface area is 233 Å². The Morgan fingerprint density at radius 3 is 2.31 bits per heavy atom. The molecule has 39 heavy (non-hydrogen) atoms. The van der Waals surface area contributed by atoms with Crippen LogP contribution in [-0.2, 0) is 28.0 Å². The Kier molecular flexibility index (Phi) is 9.49. The van der Waals surface area contributed by atoms with Crippen LogP contribution in [0.25, 0.3) is 0 Å². The van der Waals surface area contributed by atoms with E-state index in [2.05, 4.69) is 10.5 Å². The van der Waals surface area contributed by atoms with Gasteiger partial charge in [-0.2, -0.15) is 9.41 Å². The first-order valence-electron chi connectivity index (χ1n) is 12.2. The quantitative estimate of drug-likeness (QED) is 0.192. The summed E-state index contributed by atoms with van der Waals surface area (Å²) in [5, 5.41) is 4.47. The molecule has 1 N–H and O–H groups in total. The topological polar surface area (TPSA) is 88.1 Å². The molecule has 0 aliphatic carbocycles. The summed E-state index contributed by atoms with van der Waals surface area (Å²) in [7, 11) is -3.97. The van der Waals surface area contributed by atoms with Crippen molar-refractivity contribution in [2.75, 3.05) is 6.54 Å². The summed E-state index contributed by atoms with van der Waals surface area (Å²) in [6.45, 7) is 1.88. The van der Waals surface area contributed by atoms with E-state index in [4.69, 9.17) is 16.3 Å². The lowest BCUT2D eigenvalue weighted by Crippen LogP contribution is -2.39. The van der Waals surface area contributed by atoms with Crippen LogP contribution in [-0.4, -0.2) is 31.4 Å². The number of halogens is 1. The van der Waals surface area contributed by atoms with Gasteiger partial charge in [0.05, 0.1) is 17.7 Å². The number of benzene rings is 4. The molecule has 0 aromatic heterocycles. The third kappa shape index (κ3) is 8.25. The minimum absolute atomic E-state index is 0.0294. The first kappa shape index (κ1) is 28.0. The van der Waals surface area contributed by atoms with E-state index in [1.807, 2.05) is 61.5 Å². The Morgan fingerprint density at radius 1 is 0.923 bits per heavy atom. The average Bonchev–Trinajstić information content (AvgIpc) is 2.93. The first-order valence-corrected chi connectivity index (χ1v) is 14.0. The van der Waals surface area contributed by atoms with Gasteiger partial charge in [-0.25, -0.2) is 13.8 Å². The van der Waals surface area contributed by atoms with Crippen LogP contribution < -0.4 is 10.2 Å². The number of aryl methyl sites for hydroxylation is 1. The van der Waals surface area contributed by atoms with Gasteiger partial charge in [0.2, 0.25) is 10.0 Å². The van der Waals surface area contributed by atoms with Gasteiger partial charge in [-0.1, -0.05) is 71.8 Å². The Morgan fingerprint density at radius 2 is 1.62 bits per heavy atom. The zero-order chi connectivity index (χ0) is 27.7. The van der Waals surface area contributed by atoms with E-state index in [0.717, 1.165) is 21.0 Å². The fourth-order valence-electron chi connectivity index (χ4n) is 3.69. The van der Waals surface area contributed by atoms with Crippen molar-refractivity contribution in [3.8, 4) is 5.75 Å². The van der Waals surface area contributed by atoms with Crippen LogP contribution in [0.15, 0.2) is 113 Å². The molecule has 7 nitrogen and oxygen atoms in total. The zero-order valence-electron chi connectivity index (χ0n) is 21.3. The number of hydrogen-bond acceptors (Lipinski definition) is 5. The second-order valence-corrected chi connectivity index (χ2v) is 11.2. The molecule has 0 atom stereocenters. The summed E-state index contributed by atoms with van der Waals surface area (Å²) in [4.78, 5) is 12.8. The molecule has 0 saturated carbocycles. The molecule has 4 rings (SSSR count). The molecule has 0 unspecified atom stereocenters. The number of ether oxygens (including phenoxy) is 1. The largest absolute Gasteiger partial charge is 0.489 e. The van der Waals surface area contributed by atoms with Gasteiger partial charge in [-0.3, -0.25) is 4.79 Å². The average molecular weight is 562 g/mol. The molecular formula is C30H28ClN3O4S.